The van der Waals surface area contributed by atoms with Gasteiger partial charge in [-0.15, -0.1) is 0 Å². The number of rotatable bonds is 20. The van der Waals surface area contributed by atoms with Crippen molar-refractivity contribution in [2.75, 3.05) is 9.80 Å². The van der Waals surface area contributed by atoms with Gasteiger partial charge in [0.1, 0.15) is 11.5 Å². The number of aryl methyl sites for hydroxylation is 4. The van der Waals surface area contributed by atoms with E-state index in [0.717, 1.165) is 90.1 Å². The maximum atomic E-state index is 6.87. The van der Waals surface area contributed by atoms with E-state index in [9.17, 15) is 0 Å². The third kappa shape index (κ3) is 15.5. The van der Waals surface area contributed by atoms with Crippen LogP contribution in [0.5, 0.6) is 11.5 Å². The van der Waals surface area contributed by atoms with Crippen LogP contribution in [0.25, 0.3) is 48.6 Å². The number of hydrogen-bond donors (Lipinski definition) is 0. The molecule has 10 aromatic rings. The standard InChI is InChI=1S/C80H68N2O/c1-61-57-77(58-62(2)79(61)81(73-49-41-69(42-50-73)37-21-17-33-65-25-9-5-10-26-65)74-51-43-70(44-52-74)38-22-18-34-66-27-11-6-12-28-66)83-78-59-63(3)80(64(4)60-78)82(75-53-45-71(46-54-75)39-23-19-35-67-29-13-7-14-30-67)76-55-47-72(48-56-76)40-24-20-36-68-31-15-8-16-32-68/h5-60H,1-4H3/b33-17+,34-18+,35-19+,36-20+,37-21+,38-22+,39-23+,40-24+. The van der Waals surface area contributed by atoms with E-state index < -0.39 is 0 Å². The van der Waals surface area contributed by atoms with Crippen LogP contribution < -0.4 is 14.5 Å². The predicted molar refractivity (Wildman–Crippen MR) is 359 cm³/mol. The SMILES string of the molecule is Cc1cc(Oc2cc(C)c(N(c3ccc(/C=C/C=C/c4ccccc4)cc3)c3ccc(/C=C/C=C/c4ccccc4)cc3)c(C)c2)cc(C)c1N(c1ccc(/C=C/C=C/c2ccccc2)cc1)c1ccc(/C=C/C=C/c2ccccc2)cc1. The average molecular weight is 1070 g/mol. The van der Waals surface area contributed by atoms with E-state index in [1.54, 1.807) is 0 Å². The first-order chi connectivity index (χ1) is 40.8. The van der Waals surface area contributed by atoms with Crippen LogP contribution in [0.4, 0.5) is 34.1 Å². The van der Waals surface area contributed by atoms with E-state index in [-0.39, 0.29) is 0 Å². The first kappa shape index (κ1) is 55.8. The molecule has 83 heavy (non-hydrogen) atoms. The van der Waals surface area contributed by atoms with E-state index in [4.69, 9.17) is 4.74 Å². The topological polar surface area (TPSA) is 15.7 Å². The molecule has 0 fully saturated rings. The molecule has 0 aromatic heterocycles. The van der Waals surface area contributed by atoms with Gasteiger partial charge < -0.3 is 14.5 Å². The van der Waals surface area contributed by atoms with Crippen molar-refractivity contribution in [3.05, 3.63) is 358 Å². The molecule has 0 aliphatic carbocycles. The van der Waals surface area contributed by atoms with Gasteiger partial charge in [0.25, 0.3) is 0 Å². The molecule has 0 saturated carbocycles. The largest absolute Gasteiger partial charge is 0.457 e. The van der Waals surface area contributed by atoms with E-state index in [0.29, 0.717) is 0 Å². The van der Waals surface area contributed by atoms with Crippen LogP contribution in [0, 0.1) is 27.7 Å². The molecule has 0 amide bonds. The summed E-state index contributed by atoms with van der Waals surface area (Å²) in [6, 6.07) is 85.2. The van der Waals surface area contributed by atoms with Gasteiger partial charge in [-0.05, 0) is 167 Å². The minimum absolute atomic E-state index is 0.782. The molecule has 0 unspecified atom stereocenters. The molecule has 0 atom stereocenters. The maximum Gasteiger partial charge on any atom is 0.128 e. The summed E-state index contributed by atoms with van der Waals surface area (Å²) in [6.07, 6.45) is 33.8. The Morgan fingerprint density at radius 1 is 0.229 bits per heavy atom. The van der Waals surface area contributed by atoms with Gasteiger partial charge in [0, 0.05) is 22.7 Å². The molecule has 0 saturated heterocycles. The van der Waals surface area contributed by atoms with Crippen molar-refractivity contribution in [2.45, 2.75) is 27.7 Å². The van der Waals surface area contributed by atoms with Crippen molar-refractivity contribution in [2.24, 2.45) is 0 Å². The van der Waals surface area contributed by atoms with E-state index in [1.165, 1.54) is 22.3 Å². The molecule has 3 heteroatoms. The summed E-state index contributed by atoms with van der Waals surface area (Å²) in [4.78, 5) is 4.71. The summed E-state index contributed by atoms with van der Waals surface area (Å²) in [6.45, 7) is 8.71. The van der Waals surface area contributed by atoms with Crippen LogP contribution in [-0.4, -0.2) is 0 Å². The van der Waals surface area contributed by atoms with Crippen molar-refractivity contribution < 1.29 is 4.74 Å². The highest BCUT2D eigenvalue weighted by Gasteiger charge is 2.21. The zero-order valence-corrected chi connectivity index (χ0v) is 47.6. The molecule has 0 radical (unpaired) electrons. The van der Waals surface area contributed by atoms with Crippen molar-refractivity contribution in [3.8, 4) is 11.5 Å². The van der Waals surface area contributed by atoms with E-state index >= 15 is 0 Å². The third-order valence-corrected chi connectivity index (χ3v) is 14.2. The van der Waals surface area contributed by atoms with Crippen LogP contribution in [0.1, 0.15) is 66.8 Å². The van der Waals surface area contributed by atoms with Gasteiger partial charge in [-0.25, -0.2) is 0 Å². The molecular formula is C80H68N2O. The highest BCUT2D eigenvalue weighted by atomic mass is 16.5. The minimum atomic E-state index is 0.782. The van der Waals surface area contributed by atoms with E-state index in [1.807, 2.05) is 24.3 Å². The molecule has 3 nitrogen and oxygen atoms in total. The lowest BCUT2D eigenvalue weighted by Gasteiger charge is -2.30. The van der Waals surface area contributed by atoms with E-state index in [2.05, 4.69) is 353 Å². The molecule has 10 rings (SSSR count). The van der Waals surface area contributed by atoms with Crippen LogP contribution in [0.15, 0.2) is 291 Å². The number of allylic oxidation sites excluding steroid dienone is 8. The zero-order valence-electron chi connectivity index (χ0n) is 47.6. The van der Waals surface area contributed by atoms with Gasteiger partial charge in [-0.2, -0.15) is 0 Å². The summed E-state index contributed by atoms with van der Waals surface area (Å²) in [5.74, 6) is 1.56. The predicted octanol–water partition coefficient (Wildman–Crippen LogP) is 22.6. The fourth-order valence-corrected chi connectivity index (χ4v) is 10.1. The fraction of sp³-hybridized carbons (Fsp3) is 0.0500. The summed E-state index contributed by atoms with van der Waals surface area (Å²) < 4.78 is 6.87. The lowest BCUT2D eigenvalue weighted by atomic mass is 10.0. The Morgan fingerprint density at radius 3 is 0.602 bits per heavy atom. The quantitative estimate of drug-likeness (QED) is 0.0708. The second-order valence-electron chi connectivity index (χ2n) is 20.5. The van der Waals surface area contributed by atoms with Crippen LogP contribution in [-0.2, 0) is 0 Å². The molecule has 0 spiro atoms. The van der Waals surface area contributed by atoms with Gasteiger partial charge >= 0.3 is 0 Å². The highest BCUT2D eigenvalue weighted by molar-refractivity contribution is 5.84. The Morgan fingerprint density at radius 2 is 0.410 bits per heavy atom. The Kier molecular flexibility index (Phi) is 18.9. The number of hydrogen-bond acceptors (Lipinski definition) is 3. The molecule has 404 valence electrons. The van der Waals surface area contributed by atoms with Gasteiger partial charge in [-0.3, -0.25) is 0 Å². The highest BCUT2D eigenvalue weighted by Crippen LogP contribution is 2.44. The van der Waals surface area contributed by atoms with Gasteiger partial charge in [-0.1, -0.05) is 267 Å². The van der Waals surface area contributed by atoms with Crippen LogP contribution in [0.2, 0.25) is 0 Å². The van der Waals surface area contributed by atoms with Crippen molar-refractivity contribution in [3.63, 3.8) is 0 Å². The second kappa shape index (κ2) is 28.1. The third-order valence-electron chi connectivity index (χ3n) is 14.2. The van der Waals surface area contributed by atoms with Crippen LogP contribution >= 0.6 is 0 Å². The molecule has 10 aromatic carbocycles. The van der Waals surface area contributed by atoms with Crippen molar-refractivity contribution in [1.82, 2.24) is 0 Å². The van der Waals surface area contributed by atoms with Crippen molar-refractivity contribution >= 4 is 82.7 Å². The van der Waals surface area contributed by atoms with Crippen LogP contribution in [0.3, 0.4) is 0 Å². The molecule has 0 N–H and O–H groups in total. The normalized spacial score (nSPS) is 12.0. The molecule has 0 bridgehead atoms. The van der Waals surface area contributed by atoms with Gasteiger partial charge in [0.2, 0.25) is 0 Å². The smallest absolute Gasteiger partial charge is 0.128 e. The molecule has 0 aliphatic heterocycles. The number of nitrogens with zero attached hydrogens (tertiary/aromatic N) is 2. The second-order valence-corrected chi connectivity index (χ2v) is 20.5. The summed E-state index contributed by atoms with van der Waals surface area (Å²) in [7, 11) is 0. The minimum Gasteiger partial charge on any atom is -0.457 e. The molecular weight excluding hydrogens is 1000 g/mol. The van der Waals surface area contributed by atoms with Gasteiger partial charge in [0.05, 0.1) is 11.4 Å². The summed E-state index contributed by atoms with van der Waals surface area (Å²) >= 11 is 0. The Balaban J connectivity index is 0.923. The molecule has 0 heterocycles. The molecule has 0 aliphatic rings. The van der Waals surface area contributed by atoms with Crippen molar-refractivity contribution in [1.29, 1.82) is 0 Å². The summed E-state index contributed by atoms with van der Waals surface area (Å²) in [5.41, 5.74) is 20.0. The Bertz CT molecular complexity index is 3440. The average Bonchev–Trinajstić information content (AvgIpc) is 3.70. The number of ether oxygens (including phenoxy) is 1. The lowest BCUT2D eigenvalue weighted by Crippen LogP contribution is -2.13. The lowest BCUT2D eigenvalue weighted by molar-refractivity contribution is 0.481. The summed E-state index contributed by atoms with van der Waals surface area (Å²) in [5, 5.41) is 0. The fourth-order valence-electron chi connectivity index (χ4n) is 10.1. The maximum absolute atomic E-state index is 6.87. The Hall–Kier alpha value is -10.5. The number of anilines is 6. The Labute approximate surface area is 491 Å². The first-order valence-corrected chi connectivity index (χ1v) is 28.3. The van der Waals surface area contributed by atoms with Gasteiger partial charge in [0.15, 0.2) is 0 Å². The first-order valence-electron chi connectivity index (χ1n) is 28.3. The zero-order chi connectivity index (χ0) is 57.0. The monoisotopic (exact) mass is 1070 g/mol. The number of benzene rings is 10.